The van der Waals surface area contributed by atoms with Gasteiger partial charge in [0.2, 0.25) is 0 Å². The zero-order valence-electron chi connectivity index (χ0n) is 25.3. The van der Waals surface area contributed by atoms with E-state index in [1.807, 2.05) is 0 Å². The van der Waals surface area contributed by atoms with Crippen LogP contribution in [-0.2, 0) is 47.4 Å². The number of rotatable bonds is 37. The normalized spacial score (nSPS) is 11.6. The number of hydrogen-bond acceptors (Lipinski definition) is 10. The van der Waals surface area contributed by atoms with Crippen LogP contribution in [0.25, 0.3) is 0 Å². The molecule has 0 heterocycles. The molecule has 10 nitrogen and oxygen atoms in total. The van der Waals surface area contributed by atoms with Gasteiger partial charge in [-0.3, -0.25) is 0 Å². The molecule has 0 saturated carbocycles. The zero-order chi connectivity index (χ0) is 28.9. The van der Waals surface area contributed by atoms with E-state index in [0.717, 1.165) is 26.1 Å². The SMILES string of the molecule is CCCCCOCCOCCOCCOCCOCCOCCOCCOCCOCCOCCCCCCI. The molecular formula is C29H59IO10. The molecule has 0 rings (SSSR count). The second-order valence-corrected chi connectivity index (χ2v) is 10.0. The summed E-state index contributed by atoms with van der Waals surface area (Å²) in [6, 6.07) is 0. The Hall–Kier alpha value is 0.330. The minimum Gasteiger partial charge on any atom is -0.379 e. The molecule has 0 bridgehead atoms. The van der Waals surface area contributed by atoms with Crippen molar-refractivity contribution < 1.29 is 47.4 Å². The van der Waals surface area contributed by atoms with E-state index < -0.39 is 0 Å². The molecule has 242 valence electrons. The maximum Gasteiger partial charge on any atom is 0.0701 e. The van der Waals surface area contributed by atoms with Gasteiger partial charge < -0.3 is 47.4 Å². The highest BCUT2D eigenvalue weighted by atomic mass is 127. The van der Waals surface area contributed by atoms with Crippen LogP contribution < -0.4 is 0 Å². The smallest absolute Gasteiger partial charge is 0.0701 e. The van der Waals surface area contributed by atoms with Gasteiger partial charge in [-0.15, -0.1) is 0 Å². The lowest BCUT2D eigenvalue weighted by Crippen LogP contribution is -2.15. The van der Waals surface area contributed by atoms with Crippen LogP contribution in [-0.4, -0.2) is 137 Å². The summed E-state index contributed by atoms with van der Waals surface area (Å²) >= 11 is 2.42. The van der Waals surface area contributed by atoms with E-state index in [4.69, 9.17) is 47.4 Å². The third-order valence-electron chi connectivity index (χ3n) is 5.41. The fourth-order valence-corrected chi connectivity index (χ4v) is 3.73. The second-order valence-electron chi connectivity index (χ2n) is 8.93. The van der Waals surface area contributed by atoms with E-state index in [1.165, 1.54) is 36.5 Å². The van der Waals surface area contributed by atoms with Gasteiger partial charge in [0.1, 0.15) is 0 Å². The molecule has 0 radical (unpaired) electrons. The molecule has 0 amide bonds. The number of ether oxygens (including phenoxy) is 10. The Morgan fingerprint density at radius 1 is 0.275 bits per heavy atom. The molecule has 0 aliphatic carbocycles. The number of hydrogen-bond donors (Lipinski definition) is 0. The fourth-order valence-electron chi connectivity index (χ4n) is 3.19. The summed E-state index contributed by atoms with van der Waals surface area (Å²) in [7, 11) is 0. The van der Waals surface area contributed by atoms with E-state index in [1.54, 1.807) is 0 Å². The van der Waals surface area contributed by atoms with Crippen LogP contribution in [0.1, 0.15) is 51.9 Å². The number of halogens is 1. The molecule has 0 aliphatic rings. The highest BCUT2D eigenvalue weighted by Crippen LogP contribution is 2.02. The van der Waals surface area contributed by atoms with E-state index in [2.05, 4.69) is 29.5 Å². The van der Waals surface area contributed by atoms with Crippen LogP contribution in [0.5, 0.6) is 0 Å². The van der Waals surface area contributed by atoms with Crippen LogP contribution in [0.15, 0.2) is 0 Å². The van der Waals surface area contributed by atoms with Crippen molar-refractivity contribution >= 4 is 22.6 Å². The first kappa shape index (κ1) is 40.3. The highest BCUT2D eigenvalue weighted by Gasteiger charge is 1.96. The van der Waals surface area contributed by atoms with Crippen molar-refractivity contribution in [3.8, 4) is 0 Å². The van der Waals surface area contributed by atoms with Gasteiger partial charge in [0.15, 0.2) is 0 Å². The largest absolute Gasteiger partial charge is 0.379 e. The Balaban J connectivity index is 3.01. The van der Waals surface area contributed by atoms with Gasteiger partial charge in [-0.05, 0) is 23.7 Å². The second kappa shape index (κ2) is 39.3. The summed E-state index contributed by atoms with van der Waals surface area (Å²) in [5.41, 5.74) is 0. The summed E-state index contributed by atoms with van der Waals surface area (Å²) in [4.78, 5) is 0. The van der Waals surface area contributed by atoms with E-state index in [0.29, 0.717) is 119 Å². The Kier molecular flexibility index (Phi) is 39.7. The van der Waals surface area contributed by atoms with Crippen molar-refractivity contribution in [1.82, 2.24) is 0 Å². The van der Waals surface area contributed by atoms with Gasteiger partial charge in [0, 0.05) is 13.2 Å². The Bertz CT molecular complexity index is 400. The van der Waals surface area contributed by atoms with Gasteiger partial charge in [-0.25, -0.2) is 0 Å². The minimum atomic E-state index is 0.534. The number of alkyl halides is 1. The van der Waals surface area contributed by atoms with Gasteiger partial charge in [-0.2, -0.15) is 0 Å². The summed E-state index contributed by atoms with van der Waals surface area (Å²) in [6.45, 7) is 14.0. The maximum atomic E-state index is 5.55. The third kappa shape index (κ3) is 38.3. The van der Waals surface area contributed by atoms with Crippen molar-refractivity contribution in [3.05, 3.63) is 0 Å². The highest BCUT2D eigenvalue weighted by molar-refractivity contribution is 14.1. The van der Waals surface area contributed by atoms with Crippen LogP contribution in [0.2, 0.25) is 0 Å². The molecule has 0 unspecified atom stereocenters. The first-order chi connectivity index (χ1) is 19.9. The Morgan fingerprint density at radius 3 is 0.750 bits per heavy atom. The van der Waals surface area contributed by atoms with Crippen molar-refractivity contribution in [1.29, 1.82) is 0 Å². The average Bonchev–Trinajstić information content (AvgIpc) is 2.97. The maximum absolute atomic E-state index is 5.55. The monoisotopic (exact) mass is 694 g/mol. The van der Waals surface area contributed by atoms with E-state index >= 15 is 0 Å². The molecule has 0 atom stereocenters. The third-order valence-corrected chi connectivity index (χ3v) is 6.18. The van der Waals surface area contributed by atoms with Crippen molar-refractivity contribution in [2.24, 2.45) is 0 Å². The van der Waals surface area contributed by atoms with Crippen LogP contribution in [0.3, 0.4) is 0 Å². The summed E-state index contributed by atoms with van der Waals surface area (Å²) < 4.78 is 56.1. The molecule has 0 fully saturated rings. The minimum absolute atomic E-state index is 0.534. The predicted molar refractivity (Wildman–Crippen MR) is 165 cm³/mol. The molecular weight excluding hydrogens is 635 g/mol. The average molecular weight is 695 g/mol. The predicted octanol–water partition coefficient (Wildman–Crippen LogP) is 4.34. The van der Waals surface area contributed by atoms with Crippen molar-refractivity contribution in [2.45, 2.75) is 51.9 Å². The lowest BCUT2D eigenvalue weighted by atomic mass is 10.2. The van der Waals surface area contributed by atoms with Crippen molar-refractivity contribution in [2.75, 3.05) is 137 Å². The topological polar surface area (TPSA) is 92.3 Å². The fraction of sp³-hybridized carbons (Fsp3) is 1.00. The van der Waals surface area contributed by atoms with Crippen LogP contribution >= 0.6 is 22.6 Å². The molecule has 40 heavy (non-hydrogen) atoms. The quantitative estimate of drug-likeness (QED) is 0.0532. The molecule has 0 spiro atoms. The first-order valence-electron chi connectivity index (χ1n) is 15.2. The lowest BCUT2D eigenvalue weighted by molar-refractivity contribution is -0.0264. The molecule has 11 heteroatoms. The van der Waals surface area contributed by atoms with Gasteiger partial charge in [0.25, 0.3) is 0 Å². The van der Waals surface area contributed by atoms with Crippen molar-refractivity contribution in [3.63, 3.8) is 0 Å². The van der Waals surface area contributed by atoms with Gasteiger partial charge in [0.05, 0.1) is 119 Å². The van der Waals surface area contributed by atoms with Gasteiger partial charge >= 0.3 is 0 Å². The molecule has 0 N–H and O–H groups in total. The first-order valence-corrected chi connectivity index (χ1v) is 16.8. The van der Waals surface area contributed by atoms with Crippen LogP contribution in [0, 0.1) is 0 Å². The summed E-state index contributed by atoms with van der Waals surface area (Å²) in [5, 5.41) is 0. The Labute approximate surface area is 257 Å². The molecule has 0 aromatic heterocycles. The molecule has 0 aromatic rings. The molecule has 0 saturated heterocycles. The standard InChI is InChI=1S/C29H59IO10/c1-2-3-7-10-31-12-14-33-16-18-35-20-22-37-24-26-39-28-29-40-27-25-38-23-21-36-19-17-34-15-13-32-11-8-5-4-6-9-30/h2-29H2,1H3. The Morgan fingerprint density at radius 2 is 0.500 bits per heavy atom. The van der Waals surface area contributed by atoms with E-state index in [9.17, 15) is 0 Å². The summed E-state index contributed by atoms with van der Waals surface area (Å²) in [6.07, 6.45) is 8.56. The van der Waals surface area contributed by atoms with Crippen LogP contribution in [0.4, 0.5) is 0 Å². The molecule has 0 aromatic carbocycles. The lowest BCUT2D eigenvalue weighted by Gasteiger charge is -2.09. The van der Waals surface area contributed by atoms with E-state index in [-0.39, 0.29) is 0 Å². The zero-order valence-corrected chi connectivity index (χ0v) is 27.4. The van der Waals surface area contributed by atoms with Gasteiger partial charge in [-0.1, -0.05) is 55.2 Å². The summed E-state index contributed by atoms with van der Waals surface area (Å²) in [5.74, 6) is 0. The number of unbranched alkanes of at least 4 members (excludes halogenated alkanes) is 5. The molecule has 0 aliphatic heterocycles.